The summed E-state index contributed by atoms with van der Waals surface area (Å²) in [6.07, 6.45) is -8.06. The summed E-state index contributed by atoms with van der Waals surface area (Å²) in [5.74, 6) is -11.3. The molecule has 2 saturated heterocycles. The molecule has 2 aliphatic heterocycles. The molecule has 0 bridgehead atoms. The quantitative estimate of drug-likeness (QED) is 0.105. The number of amides is 4. The summed E-state index contributed by atoms with van der Waals surface area (Å²) in [4.78, 5) is 66.8. The monoisotopic (exact) mass is 986 g/mol. The Bertz CT molecular complexity index is 2620. The molecule has 0 spiro atoms. The molecule has 4 amide bonds. The van der Waals surface area contributed by atoms with E-state index in [0.717, 1.165) is 18.1 Å². The first-order valence-corrected chi connectivity index (χ1v) is 20.3. The fourth-order valence-corrected chi connectivity index (χ4v) is 10.3. The number of allylic oxidation sites excluding steroid dienone is 2. The van der Waals surface area contributed by atoms with E-state index in [4.69, 9.17) is 39.5 Å². The molecule has 6 atom stereocenters. The number of carbonyl (C=O) groups is 4. The number of benzene rings is 2. The van der Waals surface area contributed by atoms with E-state index in [2.05, 4.69) is 31.3 Å². The maximum atomic E-state index is 15.5. The van der Waals surface area contributed by atoms with E-state index in [1.807, 2.05) is 0 Å². The van der Waals surface area contributed by atoms with Crippen molar-refractivity contribution in [2.45, 2.75) is 36.5 Å². The standard InChI is InChI=1S/C40H28BrCl3F6N6O6/c1-54(33-25(43)9-10-28(52-33)40(48,49)50)56-34(58)21-8-7-20-22(29(21)36(56)60)14-24-35(59)55(53-32-26(44)11-17(15-51-32)39(45,46)47)37(61)38(24,16-3-5-19(42)6-4-16)30(20)23-12-18(41)13-27(62-2)31(23)57/h3-7,9-13,15,21-22,24,29-30,57H,8,14H2,1-2H3,(H,51,53). The molecular weight excluding hydrogens is 961 g/mol. The van der Waals surface area contributed by atoms with Gasteiger partial charge in [-0.1, -0.05) is 74.5 Å². The lowest BCUT2D eigenvalue weighted by Crippen LogP contribution is -2.53. The number of alkyl halides is 6. The van der Waals surface area contributed by atoms with Gasteiger partial charge in [-0.15, -0.1) is 0 Å². The zero-order valence-corrected chi connectivity index (χ0v) is 35.5. The number of methoxy groups -OCH3 is 1. The Morgan fingerprint density at radius 1 is 0.919 bits per heavy atom. The first-order chi connectivity index (χ1) is 29.1. The molecule has 0 radical (unpaired) electrons. The van der Waals surface area contributed by atoms with E-state index in [-0.39, 0.29) is 39.8 Å². The van der Waals surface area contributed by atoms with Crippen molar-refractivity contribution in [2.24, 2.45) is 23.7 Å². The van der Waals surface area contributed by atoms with Crippen LogP contribution < -0.4 is 15.2 Å². The number of hydrazine groups is 2. The summed E-state index contributed by atoms with van der Waals surface area (Å²) >= 11 is 22.3. The Morgan fingerprint density at radius 3 is 2.24 bits per heavy atom. The SMILES string of the molecule is COc1cc(Br)cc(C2C3=CCC4C(=O)N(N(C)c5nc(C(F)(F)F)ccc5Cl)C(=O)C4C3CC3C(=O)N(Nc4ncc(C(F)(F)F)cc4Cl)C(=O)C32c2ccc(Cl)cc2)c1O. The van der Waals surface area contributed by atoms with Gasteiger partial charge in [0.2, 0.25) is 0 Å². The zero-order valence-electron chi connectivity index (χ0n) is 31.7. The van der Waals surface area contributed by atoms with Crippen molar-refractivity contribution in [1.29, 1.82) is 0 Å². The summed E-state index contributed by atoms with van der Waals surface area (Å²) in [6, 6.07) is 11.0. The van der Waals surface area contributed by atoms with Crippen molar-refractivity contribution in [3.8, 4) is 11.5 Å². The smallest absolute Gasteiger partial charge is 0.433 e. The molecule has 2 aromatic carbocycles. The van der Waals surface area contributed by atoms with Gasteiger partial charge in [0.15, 0.2) is 23.1 Å². The summed E-state index contributed by atoms with van der Waals surface area (Å²) in [7, 11) is 2.44. The van der Waals surface area contributed by atoms with Crippen molar-refractivity contribution >= 4 is 86.0 Å². The summed E-state index contributed by atoms with van der Waals surface area (Å²) < 4.78 is 87.7. The third-order valence-corrected chi connectivity index (χ3v) is 13.2. The predicted molar refractivity (Wildman–Crippen MR) is 214 cm³/mol. The lowest BCUT2D eigenvalue weighted by atomic mass is 9.49. The highest BCUT2D eigenvalue weighted by atomic mass is 79.9. The molecule has 2 aliphatic carbocycles. The number of pyridine rings is 2. The molecular formula is C40H28BrCl3F6N6O6. The molecule has 2 N–H and O–H groups in total. The normalized spacial score (nSPS) is 24.8. The van der Waals surface area contributed by atoms with Crippen molar-refractivity contribution < 1.29 is 55.4 Å². The predicted octanol–water partition coefficient (Wildman–Crippen LogP) is 8.99. The first kappa shape index (κ1) is 43.5. The van der Waals surface area contributed by atoms with Crippen LogP contribution in [0.25, 0.3) is 0 Å². The van der Waals surface area contributed by atoms with Crippen molar-refractivity contribution in [3.63, 3.8) is 0 Å². The van der Waals surface area contributed by atoms with Crippen LogP contribution in [0.15, 0.2) is 76.9 Å². The van der Waals surface area contributed by atoms with Gasteiger partial charge in [0.25, 0.3) is 23.6 Å². The van der Waals surface area contributed by atoms with Gasteiger partial charge in [0, 0.05) is 34.2 Å². The van der Waals surface area contributed by atoms with Crippen molar-refractivity contribution in [2.75, 3.05) is 24.6 Å². The number of ether oxygens (including phenoxy) is 1. The molecule has 324 valence electrons. The largest absolute Gasteiger partial charge is 0.504 e. The van der Waals surface area contributed by atoms with Gasteiger partial charge in [-0.05, 0) is 66.8 Å². The molecule has 4 aromatic rings. The fourth-order valence-electron chi connectivity index (χ4n) is 9.29. The first-order valence-electron chi connectivity index (χ1n) is 18.4. The number of anilines is 2. The maximum Gasteiger partial charge on any atom is 0.433 e. The van der Waals surface area contributed by atoms with E-state index in [0.29, 0.717) is 38.4 Å². The minimum Gasteiger partial charge on any atom is -0.504 e. The van der Waals surface area contributed by atoms with E-state index < -0.39 is 105 Å². The van der Waals surface area contributed by atoms with Crippen LogP contribution >= 0.6 is 50.7 Å². The van der Waals surface area contributed by atoms with Crippen molar-refractivity contribution in [3.05, 3.63) is 114 Å². The number of aromatic hydroxyl groups is 1. The van der Waals surface area contributed by atoms with Crippen LogP contribution in [0.5, 0.6) is 11.5 Å². The number of phenols is 1. The topological polar surface area (TPSA) is 145 Å². The number of nitrogens with one attached hydrogen (secondary N) is 1. The van der Waals surface area contributed by atoms with Gasteiger partial charge in [-0.2, -0.15) is 36.4 Å². The highest BCUT2D eigenvalue weighted by Gasteiger charge is 2.71. The number of nitrogens with zero attached hydrogens (tertiary/aromatic N) is 5. The van der Waals surface area contributed by atoms with Gasteiger partial charge >= 0.3 is 12.4 Å². The van der Waals surface area contributed by atoms with Gasteiger partial charge in [0.05, 0.1) is 45.9 Å². The number of carbonyl (C=O) groups excluding carboxylic acids is 4. The Balaban J connectivity index is 1.31. The zero-order chi connectivity index (χ0) is 45.0. The van der Waals surface area contributed by atoms with Gasteiger partial charge < -0.3 is 9.84 Å². The van der Waals surface area contributed by atoms with Crippen LogP contribution in [0.2, 0.25) is 15.1 Å². The van der Waals surface area contributed by atoms with Crippen LogP contribution in [0.1, 0.15) is 41.1 Å². The second-order valence-electron chi connectivity index (χ2n) is 15.0. The van der Waals surface area contributed by atoms with Crippen LogP contribution in [0.4, 0.5) is 38.0 Å². The number of hydrogen-bond donors (Lipinski definition) is 2. The third-order valence-electron chi connectivity index (χ3n) is 11.9. The number of phenolic OH excluding ortho intramolecular Hbond substituents is 1. The molecule has 3 fully saturated rings. The van der Waals surface area contributed by atoms with Gasteiger partial charge in [0.1, 0.15) is 5.69 Å². The van der Waals surface area contributed by atoms with Crippen LogP contribution in [-0.4, -0.2) is 62.9 Å². The Hall–Kier alpha value is -5.11. The Labute approximate surface area is 370 Å². The number of hydrogen-bond acceptors (Lipinski definition) is 10. The molecule has 2 aromatic heterocycles. The van der Waals surface area contributed by atoms with E-state index in [1.54, 1.807) is 6.08 Å². The van der Waals surface area contributed by atoms with Crippen LogP contribution in [-0.2, 0) is 36.9 Å². The molecule has 62 heavy (non-hydrogen) atoms. The molecule has 6 unspecified atom stereocenters. The summed E-state index contributed by atoms with van der Waals surface area (Å²) in [5, 5.41) is 13.4. The third kappa shape index (κ3) is 6.73. The highest BCUT2D eigenvalue weighted by Crippen LogP contribution is 2.65. The molecule has 1 saturated carbocycles. The molecule has 8 rings (SSSR count). The van der Waals surface area contributed by atoms with Crippen LogP contribution in [0, 0.1) is 23.7 Å². The number of halogens is 10. The Morgan fingerprint density at radius 2 is 1.61 bits per heavy atom. The number of aromatic nitrogens is 2. The number of fused-ring (bicyclic) bond motifs is 4. The molecule has 4 aliphatic rings. The van der Waals surface area contributed by atoms with Crippen molar-refractivity contribution in [1.82, 2.24) is 20.0 Å². The fraction of sp³-hybridized carbons (Fsp3) is 0.300. The summed E-state index contributed by atoms with van der Waals surface area (Å²) in [5.41, 5.74) is -1.42. The molecule has 12 nitrogen and oxygen atoms in total. The number of imide groups is 2. The Kier molecular flexibility index (Phi) is 10.7. The summed E-state index contributed by atoms with van der Waals surface area (Å²) in [6.45, 7) is 0. The number of rotatable bonds is 7. The van der Waals surface area contributed by atoms with E-state index in [1.165, 1.54) is 43.5 Å². The lowest BCUT2D eigenvalue weighted by Gasteiger charge is -2.50. The van der Waals surface area contributed by atoms with Gasteiger partial charge in [-0.3, -0.25) is 29.6 Å². The van der Waals surface area contributed by atoms with E-state index in [9.17, 15) is 45.8 Å². The average Bonchev–Trinajstić information content (AvgIpc) is 3.59. The molecule has 4 heterocycles. The average molecular weight is 989 g/mol. The lowest BCUT2D eigenvalue weighted by molar-refractivity contribution is -0.142. The van der Waals surface area contributed by atoms with E-state index >= 15 is 4.79 Å². The maximum absolute atomic E-state index is 15.5. The second kappa shape index (κ2) is 15.3. The minimum atomic E-state index is -4.90. The molecule has 22 heteroatoms. The second-order valence-corrected chi connectivity index (χ2v) is 17.1. The highest BCUT2D eigenvalue weighted by molar-refractivity contribution is 9.10. The van der Waals surface area contributed by atoms with Gasteiger partial charge in [-0.25, -0.2) is 9.97 Å². The minimum absolute atomic E-state index is 0.0463. The van der Waals surface area contributed by atoms with Crippen LogP contribution in [0.3, 0.4) is 0 Å².